The van der Waals surface area contributed by atoms with E-state index in [1.165, 1.54) is 19.4 Å². The second-order valence-electron chi connectivity index (χ2n) is 14.0. The fourth-order valence-electron chi connectivity index (χ4n) is 6.42. The molecule has 0 spiro atoms. The van der Waals surface area contributed by atoms with E-state index in [0.717, 1.165) is 27.4 Å². The van der Waals surface area contributed by atoms with Gasteiger partial charge in [-0.05, 0) is 43.0 Å². The summed E-state index contributed by atoms with van der Waals surface area (Å²) in [5, 5.41) is 24.0. The number of aliphatic imine (C=N–C) groups is 1. The summed E-state index contributed by atoms with van der Waals surface area (Å²) >= 11 is 0. The Bertz CT molecular complexity index is 2280. The van der Waals surface area contributed by atoms with Crippen LogP contribution in [0.25, 0.3) is 21.8 Å². The molecule has 5 amide bonds. The second-order valence-corrected chi connectivity index (χ2v) is 14.0. The molecule has 5 rings (SSSR count). The van der Waals surface area contributed by atoms with Gasteiger partial charge in [-0.3, -0.25) is 33.8 Å². The van der Waals surface area contributed by atoms with E-state index in [2.05, 4.69) is 51.5 Å². The lowest BCUT2D eigenvalue weighted by Gasteiger charge is -2.24. The van der Waals surface area contributed by atoms with Gasteiger partial charge in [-0.25, -0.2) is 4.98 Å². The Balaban J connectivity index is 1.30. The molecule has 0 saturated carbocycles. The second kappa shape index (κ2) is 20.3. The number of fused-ring (bicyclic) bond motifs is 2. The first-order chi connectivity index (χ1) is 28.3. The number of nitrogens with zero attached hydrogens (tertiary/aromatic N) is 2. The number of hydrogen-bond donors (Lipinski definition) is 12. The third kappa shape index (κ3) is 12.1. The quantitative estimate of drug-likeness (QED) is 0.0241. The zero-order valence-corrected chi connectivity index (χ0v) is 32.3. The number of carboxylic acids is 1. The average molecular weight is 812 g/mol. The van der Waals surface area contributed by atoms with Gasteiger partial charge in [-0.1, -0.05) is 36.4 Å². The van der Waals surface area contributed by atoms with Gasteiger partial charge in [0.15, 0.2) is 5.96 Å². The van der Waals surface area contributed by atoms with Crippen molar-refractivity contribution < 1.29 is 33.9 Å². The van der Waals surface area contributed by atoms with Crippen LogP contribution in [0.3, 0.4) is 0 Å². The summed E-state index contributed by atoms with van der Waals surface area (Å²) in [6.45, 7) is 0.807. The Morgan fingerprint density at radius 2 is 1.32 bits per heavy atom. The zero-order chi connectivity index (χ0) is 42.5. The minimum atomic E-state index is -1.27. The SMILES string of the molecule is C[C@H](NC(=O)[C@H](Cc1c[nH]c2ccccc12)NC(=O)CNC(=O)[C@H](CCCN=C(N)N)NC(=O)[C@H](Cc1c[nH]c2ccccc12)NC(=O)[C@@H](N)Cc1cnc[nH]1)C(=O)O. The lowest BCUT2D eigenvalue weighted by atomic mass is 10.0. The van der Waals surface area contributed by atoms with Crippen molar-refractivity contribution in [3.05, 3.63) is 90.3 Å². The fraction of sp³-hybridized carbons (Fsp3) is 0.333. The van der Waals surface area contributed by atoms with Crippen LogP contribution in [0.4, 0.5) is 0 Å². The van der Waals surface area contributed by atoms with Gasteiger partial charge in [0.05, 0.1) is 18.9 Å². The van der Waals surface area contributed by atoms with E-state index in [-0.39, 0.29) is 44.6 Å². The molecule has 0 bridgehead atoms. The molecule has 3 aromatic heterocycles. The summed E-state index contributed by atoms with van der Waals surface area (Å²) in [6, 6.07) is 8.84. The molecule has 0 unspecified atom stereocenters. The highest BCUT2D eigenvalue weighted by atomic mass is 16.4. The van der Waals surface area contributed by atoms with Crippen LogP contribution in [0.5, 0.6) is 0 Å². The van der Waals surface area contributed by atoms with Crippen LogP contribution >= 0.6 is 0 Å². The van der Waals surface area contributed by atoms with Gasteiger partial charge >= 0.3 is 5.97 Å². The molecule has 0 aliphatic rings. The van der Waals surface area contributed by atoms with Gasteiger partial charge in [0.1, 0.15) is 24.2 Å². The number of carboxylic acid groups (broad SMARTS) is 1. The number of aromatic amines is 3. The number of nitrogens with two attached hydrogens (primary N) is 3. The largest absolute Gasteiger partial charge is 0.480 e. The van der Waals surface area contributed by atoms with Crippen LogP contribution < -0.4 is 43.8 Å². The number of amides is 5. The standard InChI is InChI=1S/C39H49N13O7/c1-21(38(58)59)49-36(56)31(13-22-16-45-28-9-4-2-7-25(22)28)50-33(53)19-47-35(55)30(11-6-12-44-39(41)42)51-37(57)32(14-23-17-46-29-10-5-3-8-26(23)29)52-34(54)27(40)15-24-18-43-20-48-24/h2-5,7-10,16-18,20-21,27,30-32,45-46H,6,11-15,19,40H2,1H3,(H,43,48)(H,47,55)(H,49,56)(H,50,53)(H,51,57)(H,52,54)(H,58,59)(H4,41,42,44)/t21-,27-,30-,31-,32-/m0/s1. The number of H-pyrrole nitrogens is 3. The number of hydrogen-bond acceptors (Lipinski definition) is 9. The van der Waals surface area contributed by atoms with E-state index in [0.29, 0.717) is 11.3 Å². The van der Waals surface area contributed by atoms with E-state index < -0.39 is 72.3 Å². The molecule has 5 atom stereocenters. The predicted octanol–water partition coefficient (Wildman–Crippen LogP) is -1.06. The third-order valence-corrected chi connectivity index (χ3v) is 9.54. The summed E-state index contributed by atoms with van der Waals surface area (Å²) in [5.74, 6) is -5.01. The van der Waals surface area contributed by atoms with Crippen molar-refractivity contribution in [2.24, 2.45) is 22.2 Å². The number of aliphatic carboxylic acids is 1. The Kier molecular flexibility index (Phi) is 14.7. The molecular weight excluding hydrogens is 763 g/mol. The molecule has 0 saturated heterocycles. The van der Waals surface area contributed by atoms with Gasteiger partial charge < -0.3 is 63.8 Å². The van der Waals surface area contributed by atoms with Crippen molar-refractivity contribution in [2.75, 3.05) is 13.1 Å². The molecule has 20 nitrogen and oxygen atoms in total. The Morgan fingerprint density at radius 1 is 0.746 bits per heavy atom. The molecule has 20 heteroatoms. The van der Waals surface area contributed by atoms with Crippen molar-refractivity contribution in [1.29, 1.82) is 0 Å². The number of para-hydroxylation sites is 2. The zero-order valence-electron chi connectivity index (χ0n) is 32.3. The number of carbonyl (C=O) groups excluding carboxylic acids is 5. The van der Waals surface area contributed by atoms with Gasteiger partial charge in [-0.15, -0.1) is 0 Å². The molecule has 0 radical (unpaired) electrons. The van der Waals surface area contributed by atoms with Crippen molar-refractivity contribution in [3.8, 4) is 0 Å². The number of nitrogens with one attached hydrogen (secondary N) is 8. The lowest BCUT2D eigenvalue weighted by molar-refractivity contribution is -0.141. The van der Waals surface area contributed by atoms with Gasteiger partial charge in [-0.2, -0.15) is 0 Å². The molecule has 5 aromatic rings. The maximum Gasteiger partial charge on any atom is 0.325 e. The minimum Gasteiger partial charge on any atom is -0.480 e. The number of guanidine groups is 1. The monoisotopic (exact) mass is 811 g/mol. The maximum absolute atomic E-state index is 14.1. The average Bonchev–Trinajstić information content (AvgIpc) is 3.98. The van der Waals surface area contributed by atoms with E-state index >= 15 is 0 Å². The molecule has 15 N–H and O–H groups in total. The first kappa shape index (κ1) is 42.9. The fourth-order valence-corrected chi connectivity index (χ4v) is 6.42. The molecule has 0 fully saturated rings. The van der Waals surface area contributed by atoms with Crippen molar-refractivity contribution in [3.63, 3.8) is 0 Å². The number of carbonyl (C=O) groups is 6. The maximum atomic E-state index is 14.1. The van der Waals surface area contributed by atoms with Gasteiger partial charge in [0.2, 0.25) is 29.5 Å². The highest BCUT2D eigenvalue weighted by Gasteiger charge is 2.30. The predicted molar refractivity (Wildman–Crippen MR) is 218 cm³/mol. The van der Waals surface area contributed by atoms with Crippen LogP contribution in [0, 0.1) is 0 Å². The van der Waals surface area contributed by atoms with Crippen molar-refractivity contribution >= 4 is 63.3 Å². The van der Waals surface area contributed by atoms with Crippen LogP contribution in [0.1, 0.15) is 36.6 Å². The van der Waals surface area contributed by atoms with Crippen LogP contribution in [-0.2, 0) is 48.0 Å². The molecule has 59 heavy (non-hydrogen) atoms. The summed E-state index contributed by atoms with van der Waals surface area (Å²) < 4.78 is 0. The normalized spacial score (nSPS) is 13.7. The van der Waals surface area contributed by atoms with Crippen molar-refractivity contribution in [2.45, 2.75) is 69.2 Å². The molecule has 3 heterocycles. The molecule has 2 aromatic carbocycles. The van der Waals surface area contributed by atoms with Crippen molar-refractivity contribution in [1.82, 2.24) is 46.5 Å². The summed E-state index contributed by atoms with van der Waals surface area (Å²) in [7, 11) is 0. The number of rotatable bonds is 21. The molecule has 0 aliphatic carbocycles. The Morgan fingerprint density at radius 3 is 1.90 bits per heavy atom. The topological polar surface area (TPSA) is 333 Å². The van der Waals surface area contributed by atoms with E-state index in [4.69, 9.17) is 17.2 Å². The Labute approximate surface area is 337 Å². The lowest BCUT2D eigenvalue weighted by Crippen LogP contribution is -2.57. The van der Waals surface area contributed by atoms with E-state index in [1.807, 2.05) is 48.5 Å². The number of benzene rings is 2. The summed E-state index contributed by atoms with van der Waals surface area (Å²) in [5.41, 5.74) is 20.8. The molecule has 0 aliphatic heterocycles. The molecular formula is C39H49N13O7. The van der Waals surface area contributed by atoms with Crippen LogP contribution in [0.15, 0.2) is 78.4 Å². The third-order valence-electron chi connectivity index (χ3n) is 9.54. The van der Waals surface area contributed by atoms with E-state index in [9.17, 15) is 33.9 Å². The summed E-state index contributed by atoms with van der Waals surface area (Å²) in [4.78, 5) is 96.3. The smallest absolute Gasteiger partial charge is 0.325 e. The number of imidazole rings is 1. The van der Waals surface area contributed by atoms with E-state index in [1.54, 1.807) is 12.4 Å². The highest BCUT2D eigenvalue weighted by Crippen LogP contribution is 2.21. The van der Waals surface area contributed by atoms with Gasteiger partial charge in [0, 0.05) is 71.9 Å². The number of aromatic nitrogens is 4. The Hall–Kier alpha value is -7.22. The van der Waals surface area contributed by atoms with Crippen LogP contribution in [-0.4, -0.2) is 110 Å². The first-order valence-corrected chi connectivity index (χ1v) is 18.9. The first-order valence-electron chi connectivity index (χ1n) is 18.9. The van der Waals surface area contributed by atoms with Crippen LogP contribution in [0.2, 0.25) is 0 Å². The summed E-state index contributed by atoms with van der Waals surface area (Å²) in [6.07, 6.45) is 6.84. The highest BCUT2D eigenvalue weighted by molar-refractivity contribution is 5.96. The minimum absolute atomic E-state index is 0.000427. The molecule has 312 valence electrons. The van der Waals surface area contributed by atoms with Gasteiger partial charge in [0.25, 0.3) is 0 Å².